The molecule has 0 unspecified atom stereocenters. The van der Waals surface area contributed by atoms with Crippen LogP contribution in [0.15, 0.2) is 12.1 Å². The van der Waals surface area contributed by atoms with Crippen molar-refractivity contribution in [3.63, 3.8) is 0 Å². The van der Waals surface area contributed by atoms with E-state index in [0.29, 0.717) is 13.1 Å². The second kappa shape index (κ2) is 4.69. The topological polar surface area (TPSA) is 40.5 Å². The van der Waals surface area contributed by atoms with Gasteiger partial charge in [0, 0.05) is 19.2 Å². The maximum atomic E-state index is 13.2. The van der Waals surface area contributed by atoms with Gasteiger partial charge in [0.1, 0.15) is 0 Å². The summed E-state index contributed by atoms with van der Waals surface area (Å²) in [6.45, 7) is 1.37. The van der Waals surface area contributed by atoms with Crippen LogP contribution in [0, 0.1) is 11.6 Å². The molecular weight excluding hydrogens is 228 g/mol. The van der Waals surface area contributed by atoms with E-state index in [0.717, 1.165) is 31.4 Å². The van der Waals surface area contributed by atoms with Crippen molar-refractivity contribution < 1.29 is 18.7 Å². The first-order chi connectivity index (χ1) is 8.09. The number of anilines is 1. The molecule has 1 fully saturated rings. The Hall–Kier alpha value is -1.65. The van der Waals surface area contributed by atoms with Gasteiger partial charge in [-0.25, -0.2) is 13.6 Å². The molecule has 0 spiro atoms. The van der Waals surface area contributed by atoms with Crippen LogP contribution in [-0.2, 0) is 0 Å². The fraction of sp³-hybridized carbons (Fsp3) is 0.417. The molecule has 1 N–H and O–H groups in total. The lowest BCUT2D eigenvalue weighted by Gasteiger charge is -2.29. The summed E-state index contributed by atoms with van der Waals surface area (Å²) < 4.78 is 26.2. The number of rotatable bonds is 2. The van der Waals surface area contributed by atoms with Crippen LogP contribution in [-0.4, -0.2) is 24.2 Å². The Morgan fingerprint density at radius 2 is 1.71 bits per heavy atom. The SMILES string of the molecule is O=C(O)c1cc(F)c(F)cc1N1CCCCC1. The molecule has 1 aromatic rings. The molecule has 2 rings (SSSR count). The van der Waals surface area contributed by atoms with Crippen LogP contribution >= 0.6 is 0 Å². The molecule has 0 amide bonds. The van der Waals surface area contributed by atoms with Crippen molar-refractivity contribution in [2.24, 2.45) is 0 Å². The first kappa shape index (κ1) is 11.8. The molecular formula is C12H13F2NO2. The summed E-state index contributed by atoms with van der Waals surface area (Å²) in [4.78, 5) is 12.8. The van der Waals surface area contributed by atoms with Gasteiger partial charge >= 0.3 is 5.97 Å². The fourth-order valence-corrected chi connectivity index (χ4v) is 2.10. The second-order valence-corrected chi connectivity index (χ2v) is 4.14. The van der Waals surface area contributed by atoms with Gasteiger partial charge in [-0.1, -0.05) is 0 Å². The Morgan fingerprint density at radius 1 is 1.12 bits per heavy atom. The van der Waals surface area contributed by atoms with Crippen molar-refractivity contribution >= 4 is 11.7 Å². The third-order valence-electron chi connectivity index (χ3n) is 2.97. The number of hydrogen-bond acceptors (Lipinski definition) is 2. The average molecular weight is 241 g/mol. The van der Waals surface area contributed by atoms with E-state index in [-0.39, 0.29) is 11.3 Å². The smallest absolute Gasteiger partial charge is 0.337 e. The highest BCUT2D eigenvalue weighted by Gasteiger charge is 2.21. The van der Waals surface area contributed by atoms with Crippen LogP contribution in [0.5, 0.6) is 0 Å². The van der Waals surface area contributed by atoms with E-state index in [9.17, 15) is 13.6 Å². The molecule has 1 saturated heterocycles. The Bertz CT molecular complexity index is 442. The van der Waals surface area contributed by atoms with Crippen molar-refractivity contribution in [3.05, 3.63) is 29.3 Å². The number of nitrogens with zero attached hydrogens (tertiary/aromatic N) is 1. The molecule has 0 atom stereocenters. The van der Waals surface area contributed by atoms with E-state index < -0.39 is 17.6 Å². The van der Waals surface area contributed by atoms with E-state index in [1.165, 1.54) is 0 Å². The van der Waals surface area contributed by atoms with Crippen molar-refractivity contribution in [1.29, 1.82) is 0 Å². The maximum Gasteiger partial charge on any atom is 0.337 e. The van der Waals surface area contributed by atoms with Crippen LogP contribution < -0.4 is 4.90 Å². The second-order valence-electron chi connectivity index (χ2n) is 4.14. The molecule has 1 heterocycles. The molecule has 0 bridgehead atoms. The molecule has 3 nitrogen and oxygen atoms in total. The van der Waals surface area contributed by atoms with Crippen LogP contribution in [0.3, 0.4) is 0 Å². The van der Waals surface area contributed by atoms with E-state index in [4.69, 9.17) is 5.11 Å². The molecule has 0 aromatic heterocycles. The van der Waals surface area contributed by atoms with Gasteiger partial charge in [0.25, 0.3) is 0 Å². The van der Waals surface area contributed by atoms with Crippen molar-refractivity contribution in [2.75, 3.05) is 18.0 Å². The number of benzene rings is 1. The quantitative estimate of drug-likeness (QED) is 0.865. The van der Waals surface area contributed by atoms with Crippen LogP contribution in [0.4, 0.5) is 14.5 Å². The predicted molar refractivity (Wildman–Crippen MR) is 59.4 cm³/mol. The summed E-state index contributed by atoms with van der Waals surface area (Å²) >= 11 is 0. The third kappa shape index (κ3) is 2.38. The molecule has 1 aliphatic heterocycles. The van der Waals surface area contributed by atoms with Gasteiger partial charge < -0.3 is 10.0 Å². The summed E-state index contributed by atoms with van der Waals surface area (Å²) in [6, 6.07) is 1.73. The zero-order valence-electron chi connectivity index (χ0n) is 9.25. The highest BCUT2D eigenvalue weighted by Crippen LogP contribution is 2.26. The largest absolute Gasteiger partial charge is 0.478 e. The van der Waals surface area contributed by atoms with Crippen LogP contribution in [0.1, 0.15) is 29.6 Å². The highest BCUT2D eigenvalue weighted by atomic mass is 19.2. The normalized spacial score (nSPS) is 16.0. The first-order valence-corrected chi connectivity index (χ1v) is 5.57. The van der Waals surface area contributed by atoms with Gasteiger partial charge in [-0.15, -0.1) is 0 Å². The van der Waals surface area contributed by atoms with Crippen molar-refractivity contribution in [3.8, 4) is 0 Å². The molecule has 1 aromatic carbocycles. The summed E-state index contributed by atoms with van der Waals surface area (Å²) in [5.74, 6) is -3.36. The molecule has 0 radical (unpaired) electrons. The molecule has 92 valence electrons. The van der Waals surface area contributed by atoms with Crippen molar-refractivity contribution in [1.82, 2.24) is 0 Å². The Balaban J connectivity index is 2.42. The fourth-order valence-electron chi connectivity index (χ4n) is 2.10. The van der Waals surface area contributed by atoms with Gasteiger partial charge in [0.2, 0.25) is 0 Å². The lowest BCUT2D eigenvalue weighted by molar-refractivity contribution is 0.0697. The van der Waals surface area contributed by atoms with E-state index >= 15 is 0 Å². The Labute approximate surface area is 97.7 Å². The summed E-state index contributed by atoms with van der Waals surface area (Å²) in [5, 5.41) is 9.00. The number of carboxylic acids is 1. The molecule has 0 saturated carbocycles. The van der Waals surface area contributed by atoms with Crippen molar-refractivity contribution in [2.45, 2.75) is 19.3 Å². The van der Waals surface area contributed by atoms with Gasteiger partial charge in [0.05, 0.1) is 11.3 Å². The number of carbonyl (C=O) groups is 1. The van der Waals surface area contributed by atoms with E-state index in [2.05, 4.69) is 0 Å². The predicted octanol–water partition coefficient (Wildman–Crippen LogP) is 2.65. The summed E-state index contributed by atoms with van der Waals surface area (Å²) in [6.07, 6.45) is 2.97. The maximum absolute atomic E-state index is 13.2. The number of carboxylic acid groups (broad SMARTS) is 1. The first-order valence-electron chi connectivity index (χ1n) is 5.57. The van der Waals surface area contributed by atoms with Gasteiger partial charge in [-0.05, 0) is 25.3 Å². The summed E-state index contributed by atoms with van der Waals surface area (Å²) in [7, 11) is 0. The molecule has 1 aliphatic rings. The molecule has 17 heavy (non-hydrogen) atoms. The number of hydrogen-bond donors (Lipinski definition) is 1. The monoisotopic (exact) mass is 241 g/mol. The lowest BCUT2D eigenvalue weighted by atomic mass is 10.1. The van der Waals surface area contributed by atoms with Gasteiger partial charge in [0.15, 0.2) is 11.6 Å². The van der Waals surface area contributed by atoms with Gasteiger partial charge in [-0.2, -0.15) is 0 Å². The minimum atomic E-state index is -1.23. The highest BCUT2D eigenvalue weighted by molar-refractivity contribution is 5.94. The zero-order valence-corrected chi connectivity index (χ0v) is 9.25. The average Bonchev–Trinajstić information content (AvgIpc) is 2.33. The minimum Gasteiger partial charge on any atom is -0.478 e. The standard InChI is InChI=1S/C12H13F2NO2/c13-9-6-8(12(16)17)11(7-10(9)14)15-4-2-1-3-5-15/h6-7H,1-5H2,(H,16,17). The summed E-state index contributed by atoms with van der Waals surface area (Å²) in [5.41, 5.74) is 0.0990. The van der Waals surface area contributed by atoms with E-state index in [1.807, 2.05) is 0 Å². The lowest BCUT2D eigenvalue weighted by Crippen LogP contribution is -2.31. The number of halogens is 2. The van der Waals surface area contributed by atoms with Crippen LogP contribution in [0.25, 0.3) is 0 Å². The minimum absolute atomic E-state index is 0.175. The third-order valence-corrected chi connectivity index (χ3v) is 2.97. The Kier molecular flexibility index (Phi) is 3.26. The molecule has 5 heteroatoms. The van der Waals surface area contributed by atoms with Gasteiger partial charge in [-0.3, -0.25) is 0 Å². The Morgan fingerprint density at radius 3 is 2.29 bits per heavy atom. The number of piperidine rings is 1. The molecule has 0 aliphatic carbocycles. The van der Waals surface area contributed by atoms with Crippen LogP contribution in [0.2, 0.25) is 0 Å². The zero-order chi connectivity index (χ0) is 12.4. The number of aromatic carboxylic acids is 1. The van der Waals surface area contributed by atoms with E-state index in [1.54, 1.807) is 4.90 Å².